The zero-order valence-electron chi connectivity index (χ0n) is 10.0. The van der Waals surface area contributed by atoms with Crippen molar-refractivity contribution in [3.8, 4) is 23.6 Å². The van der Waals surface area contributed by atoms with Crippen LogP contribution in [-0.4, -0.2) is 17.1 Å². The molecule has 1 aromatic carbocycles. The molecular weight excluding hydrogens is 230 g/mol. The molecule has 0 spiro atoms. The van der Waals surface area contributed by atoms with E-state index in [1.54, 1.807) is 32.2 Å². The molecule has 1 aromatic heterocycles. The highest BCUT2D eigenvalue weighted by Gasteiger charge is 2.08. The number of hydrogen-bond acceptors (Lipinski definition) is 5. The third-order valence-electron chi connectivity index (χ3n) is 2.22. The van der Waals surface area contributed by atoms with Crippen molar-refractivity contribution in [2.45, 2.75) is 6.92 Å². The molecule has 1 heterocycles. The molecule has 90 valence electrons. The number of nitrogens with zero attached hydrogens (tertiary/aromatic N) is 3. The van der Waals surface area contributed by atoms with E-state index in [4.69, 9.17) is 14.7 Å². The van der Waals surface area contributed by atoms with E-state index in [-0.39, 0.29) is 11.7 Å². The van der Waals surface area contributed by atoms with Crippen LogP contribution in [0, 0.1) is 18.3 Å². The number of aryl methyl sites for hydroxylation is 1. The van der Waals surface area contributed by atoms with Crippen LogP contribution in [0.1, 0.15) is 11.4 Å². The van der Waals surface area contributed by atoms with E-state index < -0.39 is 0 Å². The maximum atomic E-state index is 8.83. The molecule has 0 saturated heterocycles. The Morgan fingerprint density at radius 3 is 2.56 bits per heavy atom. The van der Waals surface area contributed by atoms with Gasteiger partial charge in [-0.25, -0.2) is 4.98 Å². The highest BCUT2D eigenvalue weighted by atomic mass is 16.5. The molecule has 0 fully saturated rings. The summed E-state index contributed by atoms with van der Waals surface area (Å²) in [6, 6.07) is 10.9. The summed E-state index contributed by atoms with van der Waals surface area (Å²) >= 11 is 0. The predicted octanol–water partition coefficient (Wildman–Crippen LogP) is 2.46. The lowest BCUT2D eigenvalue weighted by Crippen LogP contribution is -1.97. The summed E-state index contributed by atoms with van der Waals surface area (Å²) in [4.78, 5) is 8.09. The molecule has 18 heavy (non-hydrogen) atoms. The fourth-order valence-electron chi connectivity index (χ4n) is 1.45. The standard InChI is InChI=1S/C13H11N3O2/c1-9-7-10(8-14)16-13(15-9)18-12-6-4-3-5-11(12)17-2/h3-7H,1-2H3. The molecular formula is C13H11N3O2. The summed E-state index contributed by atoms with van der Waals surface area (Å²) in [7, 11) is 1.56. The molecule has 5 nitrogen and oxygen atoms in total. The summed E-state index contributed by atoms with van der Waals surface area (Å²) in [5.74, 6) is 1.09. The van der Waals surface area contributed by atoms with Crippen molar-refractivity contribution in [3.63, 3.8) is 0 Å². The van der Waals surface area contributed by atoms with Gasteiger partial charge in [0.05, 0.1) is 7.11 Å². The minimum atomic E-state index is 0.135. The number of methoxy groups -OCH3 is 1. The van der Waals surface area contributed by atoms with Crippen LogP contribution in [0.5, 0.6) is 17.5 Å². The first kappa shape index (κ1) is 11.9. The van der Waals surface area contributed by atoms with Crippen molar-refractivity contribution in [1.82, 2.24) is 9.97 Å². The van der Waals surface area contributed by atoms with E-state index in [0.717, 1.165) is 0 Å². The Kier molecular flexibility index (Phi) is 3.39. The number of benzene rings is 1. The van der Waals surface area contributed by atoms with E-state index in [1.807, 2.05) is 18.2 Å². The minimum absolute atomic E-state index is 0.135. The average molecular weight is 241 g/mol. The van der Waals surface area contributed by atoms with Gasteiger partial charge in [-0.1, -0.05) is 12.1 Å². The van der Waals surface area contributed by atoms with E-state index in [1.165, 1.54) is 0 Å². The van der Waals surface area contributed by atoms with Crippen molar-refractivity contribution < 1.29 is 9.47 Å². The van der Waals surface area contributed by atoms with Crippen molar-refractivity contribution in [1.29, 1.82) is 5.26 Å². The smallest absolute Gasteiger partial charge is 0.323 e. The third kappa shape index (κ3) is 2.55. The van der Waals surface area contributed by atoms with Crippen LogP contribution in [0.4, 0.5) is 0 Å². The predicted molar refractivity (Wildman–Crippen MR) is 64.6 cm³/mol. The average Bonchev–Trinajstić information content (AvgIpc) is 2.38. The second kappa shape index (κ2) is 5.15. The first-order valence-electron chi connectivity index (χ1n) is 5.29. The molecule has 0 bridgehead atoms. The van der Waals surface area contributed by atoms with Gasteiger partial charge in [-0.2, -0.15) is 10.2 Å². The Hall–Kier alpha value is -2.61. The zero-order chi connectivity index (χ0) is 13.0. The van der Waals surface area contributed by atoms with Gasteiger partial charge in [0.15, 0.2) is 11.5 Å². The van der Waals surface area contributed by atoms with Crippen molar-refractivity contribution in [2.75, 3.05) is 7.11 Å². The zero-order valence-corrected chi connectivity index (χ0v) is 10.0. The molecule has 0 unspecified atom stereocenters. The Labute approximate surface area is 105 Å². The summed E-state index contributed by atoms with van der Waals surface area (Å²) in [6.45, 7) is 1.78. The van der Waals surface area contributed by atoms with Crippen LogP contribution in [0.3, 0.4) is 0 Å². The molecule has 5 heteroatoms. The largest absolute Gasteiger partial charge is 0.493 e. The molecule has 2 rings (SSSR count). The molecule has 0 aliphatic carbocycles. The second-order valence-electron chi connectivity index (χ2n) is 3.54. The Morgan fingerprint density at radius 2 is 1.89 bits per heavy atom. The van der Waals surface area contributed by atoms with Crippen LogP contribution in [0.25, 0.3) is 0 Å². The van der Waals surface area contributed by atoms with Gasteiger partial charge in [-0.15, -0.1) is 0 Å². The van der Waals surface area contributed by atoms with Crippen LogP contribution in [-0.2, 0) is 0 Å². The molecule has 0 amide bonds. The van der Waals surface area contributed by atoms with Crippen LogP contribution in [0.15, 0.2) is 30.3 Å². The summed E-state index contributed by atoms with van der Waals surface area (Å²) < 4.78 is 10.7. The van der Waals surface area contributed by atoms with Crippen LogP contribution >= 0.6 is 0 Å². The highest BCUT2D eigenvalue weighted by Crippen LogP contribution is 2.29. The first-order valence-corrected chi connectivity index (χ1v) is 5.29. The summed E-state index contributed by atoms with van der Waals surface area (Å²) in [6.07, 6.45) is 0. The number of para-hydroxylation sites is 2. The number of hydrogen-bond donors (Lipinski definition) is 0. The van der Waals surface area contributed by atoms with Gasteiger partial charge in [0.2, 0.25) is 0 Å². The summed E-state index contributed by atoms with van der Waals surface area (Å²) in [5, 5.41) is 8.83. The maximum absolute atomic E-state index is 8.83. The Balaban J connectivity index is 2.34. The molecule has 2 aromatic rings. The Bertz CT molecular complexity index is 605. The van der Waals surface area contributed by atoms with Crippen molar-refractivity contribution in [2.24, 2.45) is 0 Å². The SMILES string of the molecule is COc1ccccc1Oc1nc(C)cc(C#N)n1. The lowest BCUT2D eigenvalue weighted by atomic mass is 10.3. The van der Waals surface area contributed by atoms with E-state index in [9.17, 15) is 0 Å². The van der Waals surface area contributed by atoms with E-state index in [0.29, 0.717) is 17.2 Å². The number of aromatic nitrogens is 2. The lowest BCUT2D eigenvalue weighted by molar-refractivity contribution is 0.367. The maximum Gasteiger partial charge on any atom is 0.323 e. The summed E-state index contributed by atoms with van der Waals surface area (Å²) in [5.41, 5.74) is 0.943. The quantitative estimate of drug-likeness (QED) is 0.825. The lowest BCUT2D eigenvalue weighted by Gasteiger charge is -2.08. The van der Waals surface area contributed by atoms with Gasteiger partial charge in [0.1, 0.15) is 11.8 Å². The van der Waals surface area contributed by atoms with Crippen LogP contribution < -0.4 is 9.47 Å². The molecule has 0 atom stereocenters. The van der Waals surface area contributed by atoms with Crippen molar-refractivity contribution in [3.05, 3.63) is 41.7 Å². The van der Waals surface area contributed by atoms with Crippen LogP contribution in [0.2, 0.25) is 0 Å². The monoisotopic (exact) mass is 241 g/mol. The number of ether oxygens (including phenoxy) is 2. The molecule has 0 N–H and O–H groups in total. The number of rotatable bonds is 3. The van der Waals surface area contributed by atoms with Gasteiger partial charge in [0, 0.05) is 5.69 Å². The molecule has 0 aliphatic heterocycles. The van der Waals surface area contributed by atoms with Gasteiger partial charge >= 0.3 is 6.01 Å². The van der Waals surface area contributed by atoms with Crippen molar-refractivity contribution >= 4 is 0 Å². The second-order valence-corrected chi connectivity index (χ2v) is 3.54. The van der Waals surface area contributed by atoms with Gasteiger partial charge in [0.25, 0.3) is 0 Å². The Morgan fingerprint density at radius 1 is 1.17 bits per heavy atom. The molecule has 0 saturated carbocycles. The number of nitriles is 1. The molecule has 0 aliphatic rings. The van der Waals surface area contributed by atoms with E-state index >= 15 is 0 Å². The van der Waals surface area contributed by atoms with Gasteiger partial charge < -0.3 is 9.47 Å². The topological polar surface area (TPSA) is 68.0 Å². The fourth-order valence-corrected chi connectivity index (χ4v) is 1.45. The third-order valence-corrected chi connectivity index (χ3v) is 2.22. The first-order chi connectivity index (χ1) is 8.72. The van der Waals surface area contributed by atoms with Gasteiger partial charge in [-0.3, -0.25) is 0 Å². The highest BCUT2D eigenvalue weighted by molar-refractivity contribution is 5.41. The minimum Gasteiger partial charge on any atom is -0.493 e. The normalized spacial score (nSPS) is 9.61. The fraction of sp³-hybridized carbons (Fsp3) is 0.154. The van der Waals surface area contributed by atoms with E-state index in [2.05, 4.69) is 9.97 Å². The van der Waals surface area contributed by atoms with Gasteiger partial charge in [-0.05, 0) is 25.1 Å². The molecule has 0 radical (unpaired) electrons.